The Morgan fingerprint density at radius 1 is 0.500 bits per heavy atom. The fourth-order valence-corrected chi connectivity index (χ4v) is 3.12. The first-order valence-corrected chi connectivity index (χ1v) is 7.97. The number of hydrogen-bond acceptors (Lipinski definition) is 4. The fourth-order valence-electron chi connectivity index (χ4n) is 3.12. The molecular formula is C18H18N6. The van der Waals surface area contributed by atoms with Crippen molar-refractivity contribution in [1.29, 1.82) is 0 Å². The summed E-state index contributed by atoms with van der Waals surface area (Å²) in [7, 11) is 0. The van der Waals surface area contributed by atoms with Crippen LogP contribution >= 0.6 is 0 Å². The molecule has 2 N–H and O–H groups in total. The third kappa shape index (κ3) is 2.48. The highest BCUT2D eigenvalue weighted by atomic mass is 15.3. The topological polar surface area (TPSA) is 44.5 Å². The summed E-state index contributed by atoms with van der Waals surface area (Å²) in [4.78, 5) is 15.5. The molecule has 3 aliphatic heterocycles. The van der Waals surface area contributed by atoms with Crippen LogP contribution in [0.4, 0.5) is 0 Å². The average Bonchev–Trinajstić information content (AvgIpc) is 3.32. The predicted molar refractivity (Wildman–Crippen MR) is 93.3 cm³/mol. The minimum absolute atomic E-state index is 0.802. The van der Waals surface area contributed by atoms with Crippen LogP contribution in [-0.2, 0) is 0 Å². The highest BCUT2D eigenvalue weighted by Gasteiger charge is 2.09. The van der Waals surface area contributed by atoms with Gasteiger partial charge in [0.25, 0.3) is 0 Å². The SMILES string of the molecule is C1=CN2/C=c3/cc/c([nH]3)=C/N3C=CN(/C=c4/cc/c([nH]4)=C/N1C2)C3. The summed E-state index contributed by atoms with van der Waals surface area (Å²) < 4.78 is 0. The monoisotopic (exact) mass is 318 g/mol. The molecule has 0 saturated carbocycles. The van der Waals surface area contributed by atoms with E-state index in [0.29, 0.717) is 0 Å². The average molecular weight is 318 g/mol. The molecule has 0 fully saturated rings. The maximum Gasteiger partial charge on any atom is 0.0979 e. The third-order valence-corrected chi connectivity index (χ3v) is 4.23. The van der Waals surface area contributed by atoms with Gasteiger partial charge in [-0.25, -0.2) is 0 Å². The summed E-state index contributed by atoms with van der Waals surface area (Å²) in [5.74, 6) is 0. The Morgan fingerprint density at radius 2 is 0.792 bits per heavy atom. The van der Waals surface area contributed by atoms with Crippen LogP contribution in [0.15, 0.2) is 49.1 Å². The van der Waals surface area contributed by atoms with Crippen LogP contribution in [0.1, 0.15) is 0 Å². The van der Waals surface area contributed by atoms with Crippen LogP contribution in [0.2, 0.25) is 0 Å². The number of rotatable bonds is 0. The maximum atomic E-state index is 3.44. The van der Waals surface area contributed by atoms with Gasteiger partial charge < -0.3 is 29.6 Å². The molecule has 0 unspecified atom stereocenters. The Balaban J connectivity index is 1.62. The van der Waals surface area contributed by atoms with Crippen LogP contribution in [-0.4, -0.2) is 42.9 Å². The van der Waals surface area contributed by atoms with Gasteiger partial charge in [0.15, 0.2) is 0 Å². The molecule has 5 heterocycles. The van der Waals surface area contributed by atoms with Gasteiger partial charge in [0.1, 0.15) is 0 Å². The van der Waals surface area contributed by atoms with Gasteiger partial charge in [-0.1, -0.05) is 0 Å². The van der Waals surface area contributed by atoms with E-state index in [4.69, 9.17) is 0 Å². The molecule has 24 heavy (non-hydrogen) atoms. The van der Waals surface area contributed by atoms with Crippen LogP contribution in [0.25, 0.3) is 24.8 Å². The lowest BCUT2D eigenvalue weighted by Gasteiger charge is -2.14. The molecule has 0 atom stereocenters. The Kier molecular flexibility index (Phi) is 2.82. The molecule has 0 amide bonds. The Hall–Kier alpha value is -3.28. The smallest absolute Gasteiger partial charge is 0.0979 e. The van der Waals surface area contributed by atoms with Crippen molar-refractivity contribution >= 4 is 24.8 Å². The summed E-state index contributed by atoms with van der Waals surface area (Å²) in [6.45, 7) is 1.60. The maximum absolute atomic E-state index is 3.44. The van der Waals surface area contributed by atoms with Crippen molar-refractivity contribution in [2.45, 2.75) is 0 Å². The summed E-state index contributed by atoms with van der Waals surface area (Å²) in [6.07, 6.45) is 16.8. The van der Waals surface area contributed by atoms with Crippen molar-refractivity contribution in [2.75, 3.05) is 13.3 Å². The highest BCUT2D eigenvalue weighted by molar-refractivity contribution is 5.32. The molecule has 0 aliphatic carbocycles. The van der Waals surface area contributed by atoms with E-state index < -0.39 is 0 Å². The Morgan fingerprint density at radius 3 is 1.08 bits per heavy atom. The molecule has 0 saturated heterocycles. The first-order valence-electron chi connectivity index (χ1n) is 7.97. The van der Waals surface area contributed by atoms with Gasteiger partial charge in [-0.05, 0) is 24.3 Å². The summed E-state index contributed by atoms with van der Waals surface area (Å²) in [5, 5.41) is 4.37. The van der Waals surface area contributed by atoms with Crippen molar-refractivity contribution in [2.24, 2.45) is 0 Å². The molecule has 2 aromatic heterocycles. The number of nitrogens with zero attached hydrogens (tertiary/aromatic N) is 4. The largest absolute Gasteiger partial charge is 0.353 e. The standard InChI is InChI=1S/C18H18N6/c1-2-16-10-22-7-8-24(14-22)12-18-4-3-17(20-18)11-23-6-5-21(13-23)9-15(1)19-16/h1-12,19-20H,13-14H2/b15-9-,16-10-,17-11-,18-12-. The van der Waals surface area contributed by atoms with E-state index in [1.54, 1.807) is 0 Å². The van der Waals surface area contributed by atoms with E-state index in [-0.39, 0.29) is 0 Å². The molecule has 0 aromatic carbocycles. The number of aromatic nitrogens is 2. The zero-order valence-electron chi connectivity index (χ0n) is 13.1. The van der Waals surface area contributed by atoms with Gasteiger partial charge in [-0.3, -0.25) is 0 Å². The molecule has 0 spiro atoms. The first-order chi connectivity index (χ1) is 11.8. The van der Waals surface area contributed by atoms with E-state index in [2.05, 4.69) is 103 Å². The quantitative estimate of drug-likeness (QED) is 0.661. The normalized spacial score (nSPS) is 24.0. The molecule has 0 radical (unpaired) electrons. The van der Waals surface area contributed by atoms with E-state index in [1.807, 2.05) is 0 Å². The molecule has 120 valence electrons. The van der Waals surface area contributed by atoms with E-state index in [0.717, 1.165) is 34.7 Å². The van der Waals surface area contributed by atoms with Crippen molar-refractivity contribution in [3.8, 4) is 0 Å². The Bertz CT molecular complexity index is 890. The van der Waals surface area contributed by atoms with Crippen molar-refractivity contribution in [3.05, 3.63) is 70.5 Å². The van der Waals surface area contributed by atoms with Crippen LogP contribution in [0, 0.1) is 0 Å². The number of fused-ring (bicyclic) bond motifs is 8. The zero-order chi connectivity index (χ0) is 15.9. The zero-order valence-corrected chi connectivity index (χ0v) is 13.1. The van der Waals surface area contributed by atoms with E-state index in [9.17, 15) is 0 Å². The fraction of sp³-hybridized carbons (Fsp3) is 0.111. The molecule has 2 aromatic rings. The van der Waals surface area contributed by atoms with Crippen LogP contribution in [0.3, 0.4) is 0 Å². The lowest BCUT2D eigenvalue weighted by molar-refractivity contribution is 0.435. The summed E-state index contributed by atoms with van der Waals surface area (Å²) in [5.41, 5.74) is 0. The van der Waals surface area contributed by atoms with Crippen LogP contribution in [0.5, 0.6) is 0 Å². The van der Waals surface area contributed by atoms with Crippen molar-refractivity contribution < 1.29 is 0 Å². The Labute approximate surface area is 138 Å². The molecule has 6 heteroatoms. The molecule has 5 rings (SSSR count). The third-order valence-electron chi connectivity index (χ3n) is 4.23. The highest BCUT2D eigenvalue weighted by Crippen LogP contribution is 2.08. The molecule has 8 bridgehead atoms. The number of aromatic amines is 2. The van der Waals surface area contributed by atoms with E-state index in [1.165, 1.54) is 0 Å². The number of nitrogens with one attached hydrogen (secondary N) is 2. The van der Waals surface area contributed by atoms with Gasteiger partial charge in [0.2, 0.25) is 0 Å². The molecule has 6 nitrogen and oxygen atoms in total. The summed E-state index contributed by atoms with van der Waals surface area (Å²) >= 11 is 0. The van der Waals surface area contributed by atoms with Gasteiger partial charge in [-0.15, -0.1) is 0 Å². The molecular weight excluding hydrogens is 300 g/mol. The van der Waals surface area contributed by atoms with Gasteiger partial charge in [0.05, 0.1) is 34.7 Å². The lowest BCUT2D eigenvalue weighted by Crippen LogP contribution is -2.25. The first kappa shape index (κ1) is 13.2. The number of H-pyrrole nitrogens is 2. The number of hydrogen-bond donors (Lipinski definition) is 2. The second-order valence-electron chi connectivity index (χ2n) is 6.19. The second-order valence-corrected chi connectivity index (χ2v) is 6.19. The van der Waals surface area contributed by atoms with E-state index >= 15 is 0 Å². The van der Waals surface area contributed by atoms with Gasteiger partial charge in [0, 0.05) is 49.6 Å². The van der Waals surface area contributed by atoms with Gasteiger partial charge >= 0.3 is 0 Å². The predicted octanol–water partition coefficient (Wildman–Crippen LogP) is -0.899. The minimum Gasteiger partial charge on any atom is -0.353 e. The lowest BCUT2D eigenvalue weighted by atomic mass is 10.5. The van der Waals surface area contributed by atoms with Crippen molar-refractivity contribution in [1.82, 2.24) is 29.6 Å². The molecule has 3 aliphatic rings. The van der Waals surface area contributed by atoms with Crippen molar-refractivity contribution in [3.63, 3.8) is 0 Å². The summed E-state index contributed by atoms with van der Waals surface area (Å²) in [6, 6.07) is 8.41. The minimum atomic E-state index is 0.802. The van der Waals surface area contributed by atoms with Crippen LogP contribution < -0.4 is 21.4 Å². The second kappa shape index (κ2) is 5.13. The van der Waals surface area contributed by atoms with Gasteiger partial charge in [-0.2, -0.15) is 0 Å².